The van der Waals surface area contributed by atoms with Crippen molar-refractivity contribution in [2.75, 3.05) is 13.1 Å². The number of rotatable bonds is 1. The molecule has 0 radical (unpaired) electrons. The number of amides is 1. The molecule has 1 saturated heterocycles. The molecular weight excluding hydrogens is 326 g/mol. The molecule has 3 nitrogen and oxygen atoms in total. The topological polar surface area (TPSA) is 40.5 Å². The number of hydrogen-bond donors (Lipinski definition) is 2. The highest BCUT2D eigenvalue weighted by Crippen LogP contribution is 2.38. The van der Waals surface area contributed by atoms with Crippen molar-refractivity contribution in [2.45, 2.75) is 23.8 Å². The molecule has 1 aliphatic carbocycles. The number of likely N-dealkylation sites (tertiary alicyclic amines) is 1. The molecule has 1 N–H and O–H groups in total. The second-order valence-electron chi connectivity index (χ2n) is 5.44. The Morgan fingerprint density at radius 2 is 2.16 bits per heavy atom. The Kier molecular flexibility index (Phi) is 3.62. The number of aliphatic hydroxyl groups excluding tert-OH is 1. The minimum Gasteiger partial charge on any atom is -0.393 e. The van der Waals surface area contributed by atoms with Crippen LogP contribution in [0.15, 0.2) is 27.6 Å². The third-order valence-corrected chi connectivity index (χ3v) is 5.16. The fraction of sp³-hybridized carbons (Fsp3) is 0.500. The molecule has 1 aromatic carbocycles. The molecule has 5 heteroatoms. The van der Waals surface area contributed by atoms with Gasteiger partial charge in [-0.25, -0.2) is 0 Å². The molecule has 102 valence electrons. The van der Waals surface area contributed by atoms with Crippen LogP contribution in [0.2, 0.25) is 0 Å². The highest BCUT2D eigenvalue weighted by molar-refractivity contribution is 9.10. The number of aliphatic hydroxyl groups is 1. The summed E-state index contributed by atoms with van der Waals surface area (Å²) in [5, 5.41) is 9.90. The minimum atomic E-state index is -0.233. The molecule has 0 aromatic heterocycles. The standard InChI is InChI=1S/C14H16BrNO2S/c15-9-2-3-10(13(19)5-9)14(18)16-6-8-1-4-12(17)11(8)7-16/h2-3,5,8,11-12,17,19H,1,4,6-7H2. The lowest BCUT2D eigenvalue weighted by atomic mass is 10.00. The Bertz CT molecular complexity index is 522. The van der Waals surface area contributed by atoms with E-state index in [0.717, 1.165) is 23.9 Å². The van der Waals surface area contributed by atoms with Gasteiger partial charge in [-0.3, -0.25) is 4.79 Å². The third-order valence-electron chi connectivity index (χ3n) is 4.30. The Balaban J connectivity index is 1.78. The van der Waals surface area contributed by atoms with E-state index in [9.17, 15) is 9.90 Å². The summed E-state index contributed by atoms with van der Waals surface area (Å²) in [6, 6.07) is 5.50. The van der Waals surface area contributed by atoms with E-state index in [1.54, 1.807) is 6.07 Å². The molecule has 2 aliphatic rings. The van der Waals surface area contributed by atoms with E-state index in [4.69, 9.17) is 0 Å². The molecule has 3 unspecified atom stereocenters. The number of thiol groups is 1. The van der Waals surface area contributed by atoms with Gasteiger partial charge in [0.05, 0.1) is 11.7 Å². The average molecular weight is 342 g/mol. The van der Waals surface area contributed by atoms with E-state index in [1.165, 1.54) is 0 Å². The van der Waals surface area contributed by atoms with Gasteiger partial charge >= 0.3 is 0 Å². The van der Waals surface area contributed by atoms with Crippen LogP contribution in [0.25, 0.3) is 0 Å². The van der Waals surface area contributed by atoms with Crippen LogP contribution in [0.4, 0.5) is 0 Å². The van der Waals surface area contributed by atoms with Gasteiger partial charge in [-0.05, 0) is 37.0 Å². The van der Waals surface area contributed by atoms with Gasteiger partial charge in [0.1, 0.15) is 0 Å². The number of carbonyl (C=O) groups is 1. The summed E-state index contributed by atoms with van der Waals surface area (Å²) in [7, 11) is 0. The molecule has 1 aliphatic heterocycles. The second-order valence-corrected chi connectivity index (χ2v) is 6.84. The van der Waals surface area contributed by atoms with Gasteiger partial charge in [0.2, 0.25) is 0 Å². The monoisotopic (exact) mass is 341 g/mol. The first kappa shape index (κ1) is 13.5. The summed E-state index contributed by atoms with van der Waals surface area (Å²) in [4.78, 5) is 15.1. The molecule has 3 rings (SSSR count). The first-order chi connectivity index (χ1) is 9.06. The van der Waals surface area contributed by atoms with Gasteiger partial charge in [-0.15, -0.1) is 12.6 Å². The van der Waals surface area contributed by atoms with Gasteiger partial charge in [-0.2, -0.15) is 0 Å². The Morgan fingerprint density at radius 3 is 2.84 bits per heavy atom. The fourth-order valence-electron chi connectivity index (χ4n) is 3.26. The van der Waals surface area contributed by atoms with E-state index in [1.807, 2.05) is 17.0 Å². The van der Waals surface area contributed by atoms with Crippen molar-refractivity contribution >= 4 is 34.5 Å². The van der Waals surface area contributed by atoms with Gasteiger partial charge in [0, 0.05) is 28.4 Å². The van der Waals surface area contributed by atoms with Crippen LogP contribution in [0.1, 0.15) is 23.2 Å². The lowest BCUT2D eigenvalue weighted by Crippen LogP contribution is -2.31. The van der Waals surface area contributed by atoms with E-state index >= 15 is 0 Å². The smallest absolute Gasteiger partial charge is 0.255 e. The van der Waals surface area contributed by atoms with Crippen molar-refractivity contribution in [3.05, 3.63) is 28.2 Å². The first-order valence-corrected chi connectivity index (χ1v) is 7.76. The summed E-state index contributed by atoms with van der Waals surface area (Å²) in [5.41, 5.74) is 0.640. The lowest BCUT2D eigenvalue weighted by Gasteiger charge is -2.19. The first-order valence-electron chi connectivity index (χ1n) is 6.52. The molecule has 1 saturated carbocycles. The maximum atomic E-state index is 12.5. The Labute approximate surface area is 126 Å². The summed E-state index contributed by atoms with van der Waals surface area (Å²) in [6.45, 7) is 1.44. The van der Waals surface area contributed by atoms with Crippen molar-refractivity contribution in [2.24, 2.45) is 11.8 Å². The van der Waals surface area contributed by atoms with Crippen molar-refractivity contribution in [3.63, 3.8) is 0 Å². The van der Waals surface area contributed by atoms with Crippen LogP contribution < -0.4 is 0 Å². The van der Waals surface area contributed by atoms with Crippen LogP contribution in [0, 0.1) is 11.8 Å². The summed E-state index contributed by atoms with van der Waals surface area (Å²) in [6.07, 6.45) is 1.68. The van der Waals surface area contributed by atoms with Crippen LogP contribution in [-0.2, 0) is 0 Å². The highest BCUT2D eigenvalue weighted by atomic mass is 79.9. The number of halogens is 1. The van der Waals surface area contributed by atoms with Crippen molar-refractivity contribution < 1.29 is 9.90 Å². The summed E-state index contributed by atoms with van der Waals surface area (Å²) in [5.74, 6) is 0.764. The molecule has 1 amide bonds. The van der Waals surface area contributed by atoms with Crippen LogP contribution in [-0.4, -0.2) is 35.1 Å². The minimum absolute atomic E-state index is 0.0269. The molecule has 1 heterocycles. The Hall–Kier alpha value is -0.520. The quantitative estimate of drug-likeness (QED) is 0.771. The summed E-state index contributed by atoms with van der Waals surface area (Å²) < 4.78 is 0.919. The zero-order chi connectivity index (χ0) is 13.6. The predicted octanol–water partition coefficient (Wildman–Crippen LogP) is 2.58. The second kappa shape index (κ2) is 5.11. The zero-order valence-electron chi connectivity index (χ0n) is 10.4. The van der Waals surface area contributed by atoms with E-state index in [2.05, 4.69) is 28.6 Å². The van der Waals surface area contributed by atoms with Crippen LogP contribution in [0.3, 0.4) is 0 Å². The van der Waals surface area contributed by atoms with Gasteiger partial charge in [0.25, 0.3) is 5.91 Å². The highest BCUT2D eigenvalue weighted by Gasteiger charge is 2.43. The van der Waals surface area contributed by atoms with Crippen molar-refractivity contribution in [1.82, 2.24) is 4.90 Å². The van der Waals surface area contributed by atoms with Crippen LogP contribution >= 0.6 is 28.6 Å². The predicted molar refractivity (Wildman–Crippen MR) is 79.5 cm³/mol. The van der Waals surface area contributed by atoms with E-state index < -0.39 is 0 Å². The van der Waals surface area contributed by atoms with Gasteiger partial charge in [-0.1, -0.05) is 15.9 Å². The molecule has 3 atom stereocenters. The average Bonchev–Trinajstić information content (AvgIpc) is 2.91. The number of fused-ring (bicyclic) bond motifs is 1. The largest absolute Gasteiger partial charge is 0.393 e. The lowest BCUT2D eigenvalue weighted by molar-refractivity contribution is 0.0749. The molecule has 0 spiro atoms. The molecule has 0 bridgehead atoms. The maximum absolute atomic E-state index is 12.5. The number of carbonyl (C=O) groups excluding carboxylic acids is 1. The van der Waals surface area contributed by atoms with Crippen molar-refractivity contribution in [1.29, 1.82) is 0 Å². The molecule has 2 fully saturated rings. The van der Waals surface area contributed by atoms with Crippen molar-refractivity contribution in [3.8, 4) is 0 Å². The SMILES string of the molecule is O=C(c1ccc(Br)cc1S)N1CC2CCC(O)C2C1. The number of benzene rings is 1. The van der Waals surface area contributed by atoms with Gasteiger partial charge < -0.3 is 10.0 Å². The van der Waals surface area contributed by atoms with E-state index in [-0.39, 0.29) is 17.9 Å². The normalized spacial score (nSPS) is 29.6. The Morgan fingerprint density at radius 1 is 1.37 bits per heavy atom. The van der Waals surface area contributed by atoms with Crippen LogP contribution in [0.5, 0.6) is 0 Å². The zero-order valence-corrected chi connectivity index (χ0v) is 12.9. The van der Waals surface area contributed by atoms with E-state index in [0.29, 0.717) is 22.9 Å². The fourth-order valence-corrected chi connectivity index (χ4v) is 4.11. The third kappa shape index (κ3) is 2.43. The molecular formula is C14H16BrNO2S. The number of hydrogen-bond acceptors (Lipinski definition) is 3. The molecule has 19 heavy (non-hydrogen) atoms. The number of nitrogens with zero attached hydrogens (tertiary/aromatic N) is 1. The maximum Gasteiger partial charge on any atom is 0.255 e. The molecule has 1 aromatic rings. The summed E-state index contributed by atoms with van der Waals surface area (Å²) >= 11 is 7.74. The van der Waals surface area contributed by atoms with Gasteiger partial charge in [0.15, 0.2) is 0 Å².